The van der Waals surface area contributed by atoms with Crippen molar-refractivity contribution < 1.29 is 4.39 Å². The van der Waals surface area contributed by atoms with Gasteiger partial charge in [-0.2, -0.15) is 0 Å². The fraction of sp³-hybridized carbons (Fsp3) is 0.267. The average molecular weight is 259 g/mol. The minimum atomic E-state index is -0.149. The van der Waals surface area contributed by atoms with Gasteiger partial charge in [0.1, 0.15) is 5.82 Å². The van der Waals surface area contributed by atoms with Gasteiger partial charge in [0.05, 0.1) is 23.8 Å². The van der Waals surface area contributed by atoms with E-state index < -0.39 is 0 Å². The molecule has 3 nitrogen and oxygen atoms in total. The molecule has 1 heterocycles. The third kappa shape index (κ3) is 3.95. The molecule has 0 saturated carbocycles. The summed E-state index contributed by atoms with van der Waals surface area (Å²) in [4.78, 5) is 4.15. The van der Waals surface area contributed by atoms with E-state index in [2.05, 4.69) is 15.6 Å². The van der Waals surface area contributed by atoms with Crippen molar-refractivity contribution in [3.05, 3.63) is 54.1 Å². The lowest BCUT2D eigenvalue weighted by atomic mass is 10.1. The lowest BCUT2D eigenvalue weighted by Gasteiger charge is -2.09. The maximum absolute atomic E-state index is 13.4. The molecule has 0 aliphatic rings. The second-order valence-corrected chi connectivity index (χ2v) is 4.26. The highest BCUT2D eigenvalue weighted by molar-refractivity contribution is 5.53. The van der Waals surface area contributed by atoms with Gasteiger partial charge in [0.2, 0.25) is 0 Å². The van der Waals surface area contributed by atoms with Crippen molar-refractivity contribution in [1.82, 2.24) is 4.98 Å². The fourth-order valence-corrected chi connectivity index (χ4v) is 1.88. The Labute approximate surface area is 112 Å². The number of nitrogens with one attached hydrogen (secondary N) is 2. The number of halogens is 1. The van der Waals surface area contributed by atoms with E-state index in [1.165, 1.54) is 6.07 Å². The molecule has 0 aliphatic heterocycles. The Morgan fingerprint density at radius 1 is 1.11 bits per heavy atom. The largest absolute Gasteiger partial charge is 0.384 e. The van der Waals surface area contributed by atoms with Gasteiger partial charge >= 0.3 is 0 Å². The zero-order valence-electron chi connectivity index (χ0n) is 11.0. The van der Waals surface area contributed by atoms with Crippen LogP contribution in [0.15, 0.2) is 42.7 Å². The van der Waals surface area contributed by atoms with Crippen LogP contribution in [0, 0.1) is 5.82 Å². The van der Waals surface area contributed by atoms with Crippen molar-refractivity contribution in [3.63, 3.8) is 0 Å². The molecule has 0 saturated heterocycles. The molecule has 1 aromatic carbocycles. The molecule has 0 unspecified atom stereocenters. The smallest absolute Gasteiger partial charge is 0.126 e. The number of aromatic nitrogens is 1. The van der Waals surface area contributed by atoms with Crippen molar-refractivity contribution in [1.29, 1.82) is 0 Å². The van der Waals surface area contributed by atoms with E-state index in [0.29, 0.717) is 13.0 Å². The van der Waals surface area contributed by atoms with Crippen LogP contribution in [0.4, 0.5) is 15.8 Å². The van der Waals surface area contributed by atoms with Crippen LogP contribution >= 0.6 is 0 Å². The molecule has 19 heavy (non-hydrogen) atoms. The van der Waals surface area contributed by atoms with Crippen LogP contribution in [0.2, 0.25) is 0 Å². The van der Waals surface area contributed by atoms with E-state index in [1.54, 1.807) is 18.5 Å². The molecule has 0 amide bonds. The lowest BCUT2D eigenvalue weighted by molar-refractivity contribution is 0.610. The first-order valence-electron chi connectivity index (χ1n) is 6.46. The standard InChI is InChI=1S/C15H18FN3/c1-2-18-13-9-14(11-17-10-13)19-8-7-12-5-3-4-6-15(12)16/h3-6,9-11,18-19H,2,7-8H2,1H3. The third-order valence-electron chi connectivity index (χ3n) is 2.80. The Hall–Kier alpha value is -2.10. The van der Waals surface area contributed by atoms with Crippen molar-refractivity contribution >= 4 is 11.4 Å². The molecule has 2 aromatic rings. The first-order chi connectivity index (χ1) is 9.29. The topological polar surface area (TPSA) is 37.0 Å². The van der Waals surface area contributed by atoms with Crippen LogP contribution < -0.4 is 10.6 Å². The zero-order valence-corrected chi connectivity index (χ0v) is 11.0. The second kappa shape index (κ2) is 6.73. The predicted molar refractivity (Wildman–Crippen MR) is 77.0 cm³/mol. The van der Waals surface area contributed by atoms with Gasteiger partial charge < -0.3 is 10.6 Å². The van der Waals surface area contributed by atoms with Crippen molar-refractivity contribution in [3.8, 4) is 0 Å². The summed E-state index contributed by atoms with van der Waals surface area (Å²) in [6.45, 7) is 3.58. The first-order valence-corrected chi connectivity index (χ1v) is 6.46. The molecule has 1 aromatic heterocycles. The SMILES string of the molecule is CCNc1cncc(NCCc2ccccc2F)c1. The van der Waals surface area contributed by atoms with Crippen molar-refractivity contribution in [2.45, 2.75) is 13.3 Å². The average Bonchev–Trinajstić information content (AvgIpc) is 2.42. The number of hydrogen-bond acceptors (Lipinski definition) is 3. The van der Waals surface area contributed by atoms with E-state index in [0.717, 1.165) is 23.5 Å². The monoisotopic (exact) mass is 259 g/mol. The number of anilines is 2. The third-order valence-corrected chi connectivity index (χ3v) is 2.80. The Bertz CT molecular complexity index is 528. The van der Waals surface area contributed by atoms with E-state index in [4.69, 9.17) is 0 Å². The zero-order chi connectivity index (χ0) is 13.5. The molecule has 0 radical (unpaired) electrons. The first kappa shape index (κ1) is 13.3. The summed E-state index contributed by atoms with van der Waals surface area (Å²) in [6, 6.07) is 8.85. The molecule has 4 heteroatoms. The van der Waals surface area contributed by atoms with Gasteiger partial charge in [0, 0.05) is 13.1 Å². The van der Waals surface area contributed by atoms with Crippen LogP contribution in [-0.4, -0.2) is 18.1 Å². The molecule has 100 valence electrons. The molecule has 2 rings (SSSR count). The van der Waals surface area contributed by atoms with E-state index in [9.17, 15) is 4.39 Å². The summed E-state index contributed by atoms with van der Waals surface area (Å²) in [6.07, 6.45) is 4.20. The van der Waals surface area contributed by atoms with E-state index >= 15 is 0 Å². The maximum atomic E-state index is 13.4. The number of pyridine rings is 1. The van der Waals surface area contributed by atoms with E-state index in [-0.39, 0.29) is 5.82 Å². The van der Waals surface area contributed by atoms with Crippen molar-refractivity contribution in [2.75, 3.05) is 23.7 Å². The molecule has 0 aliphatic carbocycles. The molecular formula is C15H18FN3. The van der Waals surface area contributed by atoms with Crippen LogP contribution in [-0.2, 0) is 6.42 Å². The minimum absolute atomic E-state index is 0.149. The van der Waals surface area contributed by atoms with Gasteiger partial charge in [0.15, 0.2) is 0 Å². The molecular weight excluding hydrogens is 241 g/mol. The Kier molecular flexibility index (Phi) is 4.72. The van der Waals surface area contributed by atoms with Crippen LogP contribution in [0.25, 0.3) is 0 Å². The highest BCUT2D eigenvalue weighted by Gasteiger charge is 2.00. The lowest BCUT2D eigenvalue weighted by Crippen LogP contribution is -2.07. The number of rotatable bonds is 6. The quantitative estimate of drug-likeness (QED) is 0.835. The fourth-order valence-electron chi connectivity index (χ4n) is 1.88. The van der Waals surface area contributed by atoms with Crippen LogP contribution in [0.1, 0.15) is 12.5 Å². The minimum Gasteiger partial charge on any atom is -0.384 e. The highest BCUT2D eigenvalue weighted by Crippen LogP contribution is 2.13. The van der Waals surface area contributed by atoms with Gasteiger partial charge in [-0.1, -0.05) is 18.2 Å². The molecule has 0 bridgehead atoms. The summed E-state index contributed by atoms with van der Waals surface area (Å²) < 4.78 is 13.4. The van der Waals surface area contributed by atoms with Gasteiger partial charge in [-0.15, -0.1) is 0 Å². The van der Waals surface area contributed by atoms with Gasteiger partial charge in [-0.25, -0.2) is 4.39 Å². The van der Waals surface area contributed by atoms with Gasteiger partial charge in [0.25, 0.3) is 0 Å². The summed E-state index contributed by atoms with van der Waals surface area (Å²) in [5.74, 6) is -0.149. The van der Waals surface area contributed by atoms with Crippen molar-refractivity contribution in [2.24, 2.45) is 0 Å². The summed E-state index contributed by atoms with van der Waals surface area (Å²) in [7, 11) is 0. The molecule has 0 fully saturated rings. The highest BCUT2D eigenvalue weighted by atomic mass is 19.1. The molecule has 0 atom stereocenters. The maximum Gasteiger partial charge on any atom is 0.126 e. The number of benzene rings is 1. The van der Waals surface area contributed by atoms with Gasteiger partial charge in [-0.3, -0.25) is 4.98 Å². The summed E-state index contributed by atoms with van der Waals surface area (Å²) in [5.41, 5.74) is 2.65. The summed E-state index contributed by atoms with van der Waals surface area (Å²) in [5, 5.41) is 6.45. The summed E-state index contributed by atoms with van der Waals surface area (Å²) >= 11 is 0. The number of nitrogens with zero attached hydrogens (tertiary/aromatic N) is 1. The molecule has 2 N–H and O–H groups in total. The Balaban J connectivity index is 1.89. The number of hydrogen-bond donors (Lipinski definition) is 2. The van der Waals surface area contributed by atoms with Crippen LogP contribution in [0.3, 0.4) is 0 Å². The molecule has 0 spiro atoms. The van der Waals surface area contributed by atoms with Gasteiger partial charge in [-0.05, 0) is 31.0 Å². The van der Waals surface area contributed by atoms with Crippen LogP contribution in [0.5, 0.6) is 0 Å². The normalized spacial score (nSPS) is 10.2. The second-order valence-electron chi connectivity index (χ2n) is 4.26. The predicted octanol–water partition coefficient (Wildman–Crippen LogP) is 3.31. The van der Waals surface area contributed by atoms with E-state index in [1.807, 2.05) is 25.1 Å². The Morgan fingerprint density at radius 3 is 2.58 bits per heavy atom. The Morgan fingerprint density at radius 2 is 1.84 bits per heavy atom.